The molecule has 2 heterocycles. The van der Waals surface area contributed by atoms with Gasteiger partial charge in [-0.15, -0.1) is 0 Å². The van der Waals surface area contributed by atoms with Gasteiger partial charge in [0.25, 0.3) is 5.91 Å². The number of halogens is 1. The van der Waals surface area contributed by atoms with Crippen LogP contribution in [0.15, 0.2) is 93.0 Å². The van der Waals surface area contributed by atoms with Gasteiger partial charge in [0.15, 0.2) is 11.5 Å². The molecule has 1 atom stereocenters. The number of nitrogens with zero attached hydrogens (tertiary/aromatic N) is 1. The number of ketones is 1. The van der Waals surface area contributed by atoms with E-state index in [9.17, 15) is 19.8 Å². The third-order valence-corrected chi connectivity index (χ3v) is 6.11. The van der Waals surface area contributed by atoms with Crippen LogP contribution in [0.25, 0.3) is 11.0 Å². The van der Waals surface area contributed by atoms with Crippen molar-refractivity contribution in [3.63, 3.8) is 0 Å². The van der Waals surface area contributed by atoms with Crippen LogP contribution in [0.5, 0.6) is 5.75 Å². The highest BCUT2D eigenvalue weighted by atomic mass is 79.9. The standard InChI is InChI=1S/C26H18BrNO5/c1-14-4-2-6-18(10-14)28-23(15-5-3-7-19(29)12-15)22(25(31)26(28)32)24(30)21-13-16-11-17(27)8-9-20(16)33-21/h2-13,23,29,31H,1H3. The maximum atomic E-state index is 13.6. The van der Waals surface area contributed by atoms with E-state index in [1.807, 2.05) is 19.1 Å². The van der Waals surface area contributed by atoms with Crippen LogP contribution in [-0.4, -0.2) is 21.9 Å². The van der Waals surface area contributed by atoms with Gasteiger partial charge >= 0.3 is 0 Å². The molecule has 0 fully saturated rings. The fraction of sp³-hybridized carbons (Fsp3) is 0.0769. The fourth-order valence-corrected chi connectivity index (χ4v) is 4.53. The number of aromatic hydroxyl groups is 1. The molecule has 4 aromatic rings. The molecule has 33 heavy (non-hydrogen) atoms. The molecule has 0 spiro atoms. The number of anilines is 1. The summed E-state index contributed by atoms with van der Waals surface area (Å²) in [5, 5.41) is 21.7. The Labute approximate surface area is 197 Å². The molecular weight excluding hydrogens is 486 g/mol. The Morgan fingerprint density at radius 2 is 1.79 bits per heavy atom. The van der Waals surface area contributed by atoms with E-state index >= 15 is 0 Å². The van der Waals surface area contributed by atoms with E-state index in [0.29, 0.717) is 22.2 Å². The smallest absolute Gasteiger partial charge is 0.294 e. The number of fused-ring (bicyclic) bond motifs is 1. The van der Waals surface area contributed by atoms with Gasteiger partial charge in [-0.05, 0) is 66.6 Å². The molecule has 164 valence electrons. The maximum Gasteiger partial charge on any atom is 0.294 e. The number of benzene rings is 3. The van der Waals surface area contributed by atoms with Crippen LogP contribution in [0.4, 0.5) is 5.69 Å². The van der Waals surface area contributed by atoms with Crippen LogP contribution in [-0.2, 0) is 4.79 Å². The summed E-state index contributed by atoms with van der Waals surface area (Å²) >= 11 is 3.40. The molecule has 5 rings (SSSR count). The van der Waals surface area contributed by atoms with Crippen molar-refractivity contribution >= 4 is 44.3 Å². The average Bonchev–Trinajstić information content (AvgIpc) is 3.32. The number of aliphatic hydroxyl groups is 1. The Hall–Kier alpha value is -3.84. The summed E-state index contributed by atoms with van der Waals surface area (Å²) in [5.41, 5.74) is 2.32. The quantitative estimate of drug-likeness (QED) is 0.333. The van der Waals surface area contributed by atoms with Gasteiger partial charge in [0, 0.05) is 15.5 Å². The summed E-state index contributed by atoms with van der Waals surface area (Å²) in [7, 11) is 0. The summed E-state index contributed by atoms with van der Waals surface area (Å²) in [6.45, 7) is 1.89. The topological polar surface area (TPSA) is 91.0 Å². The number of phenolic OH excluding ortho intramolecular Hbond substituents is 1. The lowest BCUT2D eigenvalue weighted by atomic mass is 9.94. The number of rotatable bonds is 4. The van der Waals surface area contributed by atoms with E-state index in [4.69, 9.17) is 4.42 Å². The number of hydrogen-bond acceptors (Lipinski definition) is 5. The SMILES string of the molecule is Cc1cccc(N2C(=O)C(O)=C(C(=O)c3cc4cc(Br)ccc4o3)C2c2cccc(O)c2)c1. The van der Waals surface area contributed by atoms with Gasteiger partial charge in [-0.3, -0.25) is 14.5 Å². The first-order valence-electron chi connectivity index (χ1n) is 10.2. The number of Topliss-reactive ketones (excluding diaryl/α,β-unsaturated/α-hetero) is 1. The zero-order valence-electron chi connectivity index (χ0n) is 17.4. The van der Waals surface area contributed by atoms with Crippen LogP contribution in [0.3, 0.4) is 0 Å². The molecule has 1 amide bonds. The number of hydrogen-bond donors (Lipinski definition) is 2. The lowest BCUT2D eigenvalue weighted by Gasteiger charge is -2.27. The normalized spacial score (nSPS) is 16.1. The third-order valence-electron chi connectivity index (χ3n) is 5.62. The third kappa shape index (κ3) is 3.60. The van der Waals surface area contributed by atoms with E-state index in [2.05, 4.69) is 15.9 Å². The summed E-state index contributed by atoms with van der Waals surface area (Å²) < 4.78 is 6.58. The zero-order chi connectivity index (χ0) is 23.3. The minimum Gasteiger partial charge on any atom is -0.508 e. The lowest BCUT2D eigenvalue weighted by Crippen LogP contribution is -2.31. The van der Waals surface area contributed by atoms with Crippen molar-refractivity contribution in [2.75, 3.05) is 4.90 Å². The molecule has 3 aromatic carbocycles. The molecule has 1 aliphatic rings. The second kappa shape index (κ2) is 7.94. The van der Waals surface area contributed by atoms with Gasteiger partial charge in [-0.1, -0.05) is 40.2 Å². The Morgan fingerprint density at radius 3 is 2.55 bits per heavy atom. The molecule has 0 bridgehead atoms. The van der Waals surface area contributed by atoms with E-state index in [1.165, 1.54) is 17.0 Å². The zero-order valence-corrected chi connectivity index (χ0v) is 19.0. The van der Waals surface area contributed by atoms with Crippen molar-refractivity contribution < 1.29 is 24.2 Å². The highest BCUT2D eigenvalue weighted by Gasteiger charge is 2.45. The molecule has 1 unspecified atom stereocenters. The van der Waals surface area contributed by atoms with Gasteiger partial charge in [-0.25, -0.2) is 0 Å². The molecule has 0 radical (unpaired) electrons. The number of carbonyl (C=O) groups excluding carboxylic acids is 2. The summed E-state index contributed by atoms with van der Waals surface area (Å²) in [5.74, 6) is -1.95. The van der Waals surface area contributed by atoms with Crippen molar-refractivity contribution in [3.8, 4) is 5.75 Å². The van der Waals surface area contributed by atoms with Crippen molar-refractivity contribution in [2.45, 2.75) is 13.0 Å². The predicted molar refractivity (Wildman–Crippen MR) is 127 cm³/mol. The van der Waals surface area contributed by atoms with Gasteiger partial charge in [0.1, 0.15) is 11.3 Å². The van der Waals surface area contributed by atoms with Crippen LogP contribution < -0.4 is 4.90 Å². The summed E-state index contributed by atoms with van der Waals surface area (Å²) in [6.07, 6.45) is 0. The molecule has 0 saturated heterocycles. The second-order valence-electron chi connectivity index (χ2n) is 7.90. The first kappa shape index (κ1) is 21.0. The molecular formula is C26H18BrNO5. The minimum atomic E-state index is -0.946. The average molecular weight is 504 g/mol. The molecule has 2 N–H and O–H groups in total. The Kier molecular flexibility index (Phi) is 5.06. The minimum absolute atomic E-state index is 0.00805. The number of phenols is 1. The maximum absolute atomic E-state index is 13.6. The Bertz CT molecular complexity index is 1470. The second-order valence-corrected chi connectivity index (χ2v) is 8.81. The highest BCUT2D eigenvalue weighted by Crippen LogP contribution is 2.43. The molecule has 0 saturated carbocycles. The molecule has 0 aliphatic carbocycles. The van der Waals surface area contributed by atoms with E-state index in [-0.39, 0.29) is 17.1 Å². The van der Waals surface area contributed by atoms with E-state index in [0.717, 1.165) is 10.0 Å². The van der Waals surface area contributed by atoms with Crippen molar-refractivity contribution in [1.82, 2.24) is 0 Å². The number of carbonyl (C=O) groups is 2. The van der Waals surface area contributed by atoms with Crippen molar-refractivity contribution in [3.05, 3.63) is 105 Å². The number of aryl methyl sites for hydroxylation is 1. The Balaban J connectivity index is 1.67. The molecule has 6 nitrogen and oxygen atoms in total. The van der Waals surface area contributed by atoms with E-state index in [1.54, 1.807) is 48.5 Å². The molecule has 7 heteroatoms. The summed E-state index contributed by atoms with van der Waals surface area (Å²) in [6, 6.07) is 19.5. The van der Waals surface area contributed by atoms with Crippen LogP contribution in [0.1, 0.15) is 27.7 Å². The lowest BCUT2D eigenvalue weighted by molar-refractivity contribution is -0.117. The van der Waals surface area contributed by atoms with Crippen LogP contribution in [0.2, 0.25) is 0 Å². The van der Waals surface area contributed by atoms with Crippen LogP contribution >= 0.6 is 15.9 Å². The largest absolute Gasteiger partial charge is 0.508 e. The van der Waals surface area contributed by atoms with Gasteiger partial charge in [-0.2, -0.15) is 0 Å². The first-order chi connectivity index (χ1) is 15.8. The fourth-order valence-electron chi connectivity index (χ4n) is 4.15. The first-order valence-corrected chi connectivity index (χ1v) is 11.0. The van der Waals surface area contributed by atoms with Gasteiger partial charge < -0.3 is 14.6 Å². The van der Waals surface area contributed by atoms with E-state index < -0.39 is 23.5 Å². The van der Waals surface area contributed by atoms with Gasteiger partial charge in [0.2, 0.25) is 5.78 Å². The molecule has 1 aromatic heterocycles. The highest BCUT2D eigenvalue weighted by molar-refractivity contribution is 9.10. The van der Waals surface area contributed by atoms with Crippen LogP contribution in [0, 0.1) is 6.92 Å². The van der Waals surface area contributed by atoms with Crippen molar-refractivity contribution in [1.29, 1.82) is 0 Å². The number of amides is 1. The summed E-state index contributed by atoms with van der Waals surface area (Å²) in [4.78, 5) is 28.2. The number of aliphatic hydroxyl groups excluding tert-OH is 1. The molecule has 1 aliphatic heterocycles. The predicted octanol–water partition coefficient (Wildman–Crippen LogP) is 5.99. The Morgan fingerprint density at radius 1 is 1.00 bits per heavy atom. The number of furan rings is 1. The van der Waals surface area contributed by atoms with Crippen molar-refractivity contribution in [2.24, 2.45) is 0 Å². The van der Waals surface area contributed by atoms with Gasteiger partial charge in [0.05, 0.1) is 11.6 Å². The monoisotopic (exact) mass is 503 g/mol.